The summed E-state index contributed by atoms with van der Waals surface area (Å²) in [5.74, 6) is 0.208. The standard InChI is InChI=1S/C11H21N3O4.C5H6N2O/c1-12(2)9(15)17-11(14-7-5-6-8-14)18-10(16)13(3)4;6-5-4(8)2-1-3-7-5/h11H,5-8H2,1-4H3;1-3,8H,(H2,6,7). The zero-order valence-corrected chi connectivity index (χ0v) is 15.6. The summed E-state index contributed by atoms with van der Waals surface area (Å²) in [7, 11) is 6.32. The lowest BCUT2D eigenvalue weighted by Gasteiger charge is -2.28. The highest BCUT2D eigenvalue weighted by Gasteiger charge is 2.29. The summed E-state index contributed by atoms with van der Waals surface area (Å²) in [6.45, 7) is 1.51. The summed E-state index contributed by atoms with van der Waals surface area (Å²) in [5, 5.41) is 8.73. The van der Waals surface area contributed by atoms with Crippen LogP contribution in [0, 0.1) is 0 Å². The van der Waals surface area contributed by atoms with Crippen molar-refractivity contribution >= 4 is 18.0 Å². The number of ether oxygens (including phenoxy) is 2. The van der Waals surface area contributed by atoms with Crippen molar-refractivity contribution in [2.45, 2.75) is 19.3 Å². The summed E-state index contributed by atoms with van der Waals surface area (Å²) in [4.78, 5) is 31.1. The van der Waals surface area contributed by atoms with Crippen LogP contribution in [-0.2, 0) is 9.47 Å². The van der Waals surface area contributed by atoms with Gasteiger partial charge in [0.15, 0.2) is 11.6 Å². The number of pyridine rings is 1. The van der Waals surface area contributed by atoms with E-state index in [1.54, 1.807) is 34.3 Å². The van der Waals surface area contributed by atoms with Gasteiger partial charge in [0.2, 0.25) is 0 Å². The zero-order valence-electron chi connectivity index (χ0n) is 15.6. The summed E-state index contributed by atoms with van der Waals surface area (Å²) in [5.41, 5.74) is 5.16. The van der Waals surface area contributed by atoms with Crippen molar-refractivity contribution in [2.24, 2.45) is 0 Å². The molecule has 0 saturated carbocycles. The number of nitrogens with zero attached hydrogens (tertiary/aromatic N) is 4. The van der Waals surface area contributed by atoms with Gasteiger partial charge in [-0.1, -0.05) is 0 Å². The lowest BCUT2D eigenvalue weighted by Crippen LogP contribution is -2.44. The molecule has 1 fully saturated rings. The Morgan fingerprint density at radius 2 is 1.65 bits per heavy atom. The van der Waals surface area contributed by atoms with Gasteiger partial charge in [-0.25, -0.2) is 19.5 Å². The molecule has 1 saturated heterocycles. The van der Waals surface area contributed by atoms with Gasteiger partial charge < -0.3 is 30.1 Å². The number of likely N-dealkylation sites (tertiary alicyclic amines) is 1. The van der Waals surface area contributed by atoms with Gasteiger partial charge >= 0.3 is 18.6 Å². The van der Waals surface area contributed by atoms with Crippen LogP contribution in [0.2, 0.25) is 0 Å². The number of carbonyl (C=O) groups excluding carboxylic acids is 2. The highest BCUT2D eigenvalue weighted by Crippen LogP contribution is 2.15. The Labute approximate surface area is 153 Å². The lowest BCUT2D eigenvalue weighted by atomic mass is 10.4. The first kappa shape index (κ1) is 21.3. The molecule has 2 rings (SSSR count). The van der Waals surface area contributed by atoms with Crippen LogP contribution in [0.25, 0.3) is 0 Å². The van der Waals surface area contributed by atoms with Gasteiger partial charge in [0.05, 0.1) is 0 Å². The minimum atomic E-state index is -0.947. The van der Waals surface area contributed by atoms with Crippen molar-refractivity contribution in [3.63, 3.8) is 0 Å². The van der Waals surface area contributed by atoms with Crippen LogP contribution in [0.15, 0.2) is 18.3 Å². The predicted octanol–water partition coefficient (Wildman–Crippen LogP) is 1.13. The molecule has 10 heteroatoms. The van der Waals surface area contributed by atoms with Gasteiger partial charge in [-0.15, -0.1) is 0 Å². The molecule has 0 unspecified atom stereocenters. The third-order valence-corrected chi connectivity index (χ3v) is 3.39. The molecular weight excluding hydrogens is 342 g/mol. The third-order valence-electron chi connectivity index (χ3n) is 3.39. The molecule has 0 bridgehead atoms. The Kier molecular flexibility index (Phi) is 8.43. The molecule has 1 aromatic rings. The monoisotopic (exact) mass is 369 g/mol. The number of amides is 2. The Bertz CT molecular complexity index is 547. The Morgan fingerprint density at radius 1 is 1.15 bits per heavy atom. The molecule has 0 aromatic carbocycles. The summed E-state index contributed by atoms with van der Waals surface area (Å²) >= 11 is 0. The quantitative estimate of drug-likeness (QED) is 0.761. The molecule has 2 heterocycles. The lowest BCUT2D eigenvalue weighted by molar-refractivity contribution is -0.158. The van der Waals surface area contributed by atoms with Crippen molar-refractivity contribution in [3.05, 3.63) is 18.3 Å². The first-order chi connectivity index (χ1) is 12.2. The SMILES string of the molecule is CN(C)C(=O)OC(OC(=O)N(C)C)N1CCCC1.Nc1ncccc1O. The van der Waals surface area contributed by atoms with E-state index < -0.39 is 18.6 Å². The maximum atomic E-state index is 11.5. The van der Waals surface area contributed by atoms with E-state index in [-0.39, 0.29) is 11.6 Å². The molecule has 1 aliphatic rings. The fourth-order valence-corrected chi connectivity index (χ4v) is 1.92. The number of hydrogen-bond acceptors (Lipinski definition) is 8. The molecule has 0 atom stereocenters. The van der Waals surface area contributed by atoms with Crippen molar-refractivity contribution in [3.8, 4) is 5.75 Å². The maximum absolute atomic E-state index is 11.5. The minimum absolute atomic E-state index is 0.0347. The number of aromatic hydroxyl groups is 1. The van der Waals surface area contributed by atoms with Gasteiger partial charge in [-0.2, -0.15) is 0 Å². The normalized spacial score (nSPS) is 13.6. The molecule has 26 heavy (non-hydrogen) atoms. The van der Waals surface area contributed by atoms with Crippen LogP contribution in [-0.4, -0.2) is 84.7 Å². The van der Waals surface area contributed by atoms with Gasteiger partial charge in [0, 0.05) is 47.5 Å². The van der Waals surface area contributed by atoms with E-state index in [1.165, 1.54) is 22.1 Å². The molecule has 3 N–H and O–H groups in total. The molecule has 1 aromatic heterocycles. The minimum Gasteiger partial charge on any atom is -0.504 e. The zero-order chi connectivity index (χ0) is 19.7. The topological polar surface area (TPSA) is 121 Å². The van der Waals surface area contributed by atoms with E-state index in [4.69, 9.17) is 20.3 Å². The third kappa shape index (κ3) is 7.01. The smallest absolute Gasteiger partial charge is 0.413 e. The number of anilines is 1. The number of hydrogen-bond donors (Lipinski definition) is 2. The second-order valence-corrected chi connectivity index (χ2v) is 6.01. The Hall–Kier alpha value is -2.75. The number of carbonyl (C=O) groups is 2. The molecule has 10 nitrogen and oxygen atoms in total. The van der Waals surface area contributed by atoms with Crippen molar-refractivity contribution in [1.82, 2.24) is 19.7 Å². The Morgan fingerprint density at radius 3 is 2.00 bits per heavy atom. The van der Waals surface area contributed by atoms with Crippen LogP contribution in [0.1, 0.15) is 12.8 Å². The fourth-order valence-electron chi connectivity index (χ4n) is 1.92. The second kappa shape index (κ2) is 10.3. The summed E-state index contributed by atoms with van der Waals surface area (Å²) in [6.07, 6.45) is 1.54. The molecule has 0 aliphatic carbocycles. The number of nitrogens with two attached hydrogens (primary N) is 1. The van der Waals surface area contributed by atoms with E-state index in [0.29, 0.717) is 0 Å². The van der Waals surface area contributed by atoms with E-state index in [1.807, 2.05) is 4.90 Å². The summed E-state index contributed by atoms with van der Waals surface area (Å²) < 4.78 is 10.3. The van der Waals surface area contributed by atoms with Crippen LogP contribution in [0.5, 0.6) is 5.75 Å². The summed E-state index contributed by atoms with van der Waals surface area (Å²) in [6, 6.07) is 3.11. The van der Waals surface area contributed by atoms with Gasteiger partial charge in [0.25, 0.3) is 0 Å². The average Bonchev–Trinajstić information content (AvgIpc) is 3.11. The number of rotatable bonds is 3. The Balaban J connectivity index is 0.000000350. The van der Waals surface area contributed by atoms with Crippen LogP contribution < -0.4 is 5.73 Å². The molecule has 146 valence electrons. The molecule has 2 amide bonds. The van der Waals surface area contributed by atoms with Crippen molar-refractivity contribution in [2.75, 3.05) is 47.0 Å². The van der Waals surface area contributed by atoms with Gasteiger partial charge in [-0.3, -0.25) is 0 Å². The largest absolute Gasteiger partial charge is 0.504 e. The first-order valence-corrected chi connectivity index (χ1v) is 8.11. The second-order valence-electron chi connectivity index (χ2n) is 6.01. The van der Waals surface area contributed by atoms with Crippen LogP contribution in [0.3, 0.4) is 0 Å². The van der Waals surface area contributed by atoms with E-state index in [2.05, 4.69) is 4.98 Å². The van der Waals surface area contributed by atoms with E-state index in [9.17, 15) is 9.59 Å². The fraction of sp³-hybridized carbons (Fsp3) is 0.562. The van der Waals surface area contributed by atoms with Gasteiger partial charge in [0.1, 0.15) is 0 Å². The first-order valence-electron chi connectivity index (χ1n) is 8.11. The van der Waals surface area contributed by atoms with Crippen molar-refractivity contribution < 1.29 is 24.2 Å². The molecule has 1 aliphatic heterocycles. The van der Waals surface area contributed by atoms with Gasteiger partial charge in [-0.05, 0) is 25.0 Å². The maximum Gasteiger partial charge on any atom is 0.413 e. The molecular formula is C16H27N5O5. The van der Waals surface area contributed by atoms with Crippen LogP contribution >= 0.6 is 0 Å². The van der Waals surface area contributed by atoms with E-state index >= 15 is 0 Å². The number of aromatic nitrogens is 1. The molecule has 0 spiro atoms. The van der Waals surface area contributed by atoms with Crippen LogP contribution in [0.4, 0.5) is 15.4 Å². The number of nitrogen functional groups attached to an aromatic ring is 1. The average molecular weight is 369 g/mol. The van der Waals surface area contributed by atoms with E-state index in [0.717, 1.165) is 25.9 Å². The van der Waals surface area contributed by atoms with Crippen molar-refractivity contribution in [1.29, 1.82) is 0 Å². The highest BCUT2D eigenvalue weighted by atomic mass is 16.7. The molecule has 0 radical (unpaired) electrons. The predicted molar refractivity (Wildman–Crippen MR) is 95.2 cm³/mol. The highest BCUT2D eigenvalue weighted by molar-refractivity contribution is 5.68.